The molecular weight excluding hydrogens is 424 g/mol. The van der Waals surface area contributed by atoms with Gasteiger partial charge in [-0.25, -0.2) is 0 Å². The predicted octanol–water partition coefficient (Wildman–Crippen LogP) is 3.98. The monoisotopic (exact) mass is 448 g/mol. The summed E-state index contributed by atoms with van der Waals surface area (Å²) in [4.78, 5) is 1.46. The molecule has 34 heavy (non-hydrogen) atoms. The van der Waals surface area contributed by atoms with Gasteiger partial charge >= 0.3 is 0 Å². The minimum atomic E-state index is -0.182. The van der Waals surface area contributed by atoms with Gasteiger partial charge in [-0.15, -0.1) is 22.3 Å². The summed E-state index contributed by atoms with van der Waals surface area (Å²) < 4.78 is 1.32. The van der Waals surface area contributed by atoms with Crippen LogP contribution in [0.3, 0.4) is 0 Å². The molecule has 1 heterocycles. The maximum atomic E-state index is 6.58. The molecule has 1 aliphatic carbocycles. The van der Waals surface area contributed by atoms with E-state index in [-0.39, 0.29) is 5.41 Å². The molecule has 3 aromatic carbocycles. The van der Waals surface area contributed by atoms with Crippen LogP contribution in [0, 0.1) is 6.92 Å². The molecule has 0 unspecified atom stereocenters. The van der Waals surface area contributed by atoms with Crippen molar-refractivity contribution in [2.75, 3.05) is 0 Å². The topological polar surface area (TPSA) is 0 Å². The Hall–Kier alpha value is -2.38. The Kier molecular flexibility index (Phi) is 5.76. The molecule has 8 radical (unpaired) electrons. The molecule has 5 rings (SSSR count). The highest BCUT2D eigenvalue weighted by Gasteiger charge is 2.27. The van der Waals surface area contributed by atoms with Crippen LogP contribution < -0.4 is 21.9 Å². The summed E-state index contributed by atoms with van der Waals surface area (Å²) in [7, 11) is 25.9. The molecule has 0 fully saturated rings. The maximum Gasteiger partial charge on any atom is 0.113 e. The molecule has 0 saturated heterocycles. The van der Waals surface area contributed by atoms with Crippen molar-refractivity contribution in [3.8, 4) is 22.3 Å². The van der Waals surface area contributed by atoms with E-state index in [9.17, 15) is 0 Å². The first-order valence-corrected chi connectivity index (χ1v) is 12.5. The quantitative estimate of drug-likeness (QED) is 0.408. The zero-order chi connectivity index (χ0) is 24.4. The molecule has 1 aromatic heterocycles. The molecule has 0 atom stereocenters. The number of aryl methyl sites for hydroxylation is 1. The summed E-state index contributed by atoms with van der Waals surface area (Å²) in [6.07, 6.45) is 6.76. The smallest absolute Gasteiger partial charge is 0.113 e. The summed E-state index contributed by atoms with van der Waals surface area (Å²) in [6, 6.07) is 13.0. The first-order chi connectivity index (χ1) is 16.1. The van der Waals surface area contributed by atoms with Crippen molar-refractivity contribution in [2.45, 2.75) is 46.0 Å². The lowest BCUT2D eigenvalue weighted by Gasteiger charge is -2.30. The highest BCUT2D eigenvalue weighted by Crippen LogP contribution is 2.45. The minimum Gasteiger partial charge on any atom is -0.139 e. The van der Waals surface area contributed by atoms with E-state index >= 15 is 0 Å². The Bertz CT molecular complexity index is 1460. The highest BCUT2D eigenvalue weighted by molar-refractivity contribution is 7.20. The molecule has 0 amide bonds. The molecule has 0 spiro atoms. The van der Waals surface area contributed by atoms with E-state index in [1.807, 2.05) is 18.3 Å². The Morgan fingerprint density at radius 2 is 1.41 bits per heavy atom. The van der Waals surface area contributed by atoms with Gasteiger partial charge in [0.05, 0.1) is 0 Å². The second kappa shape index (κ2) is 8.38. The molecule has 0 saturated carbocycles. The second-order valence-corrected chi connectivity index (χ2v) is 11.3. The van der Waals surface area contributed by atoms with Crippen molar-refractivity contribution in [1.82, 2.24) is 0 Å². The molecule has 0 nitrogen and oxygen atoms in total. The number of allylic oxidation sites excluding steroid dienone is 1. The number of hydrogen-bond acceptors (Lipinski definition) is 1. The largest absolute Gasteiger partial charge is 0.139 e. The zero-order valence-electron chi connectivity index (χ0n) is 20.3. The van der Waals surface area contributed by atoms with Crippen LogP contribution in [0.5, 0.6) is 0 Å². The SMILES string of the molecule is [B]c1c([B])c(-c2cccc(-c3cccc4c5c(sc34)CCC=C5)c2C(C)(C)C)c([B])c([B])c1C. The van der Waals surface area contributed by atoms with E-state index in [2.05, 4.69) is 69.3 Å². The van der Waals surface area contributed by atoms with Crippen LogP contribution in [-0.4, -0.2) is 31.4 Å². The van der Waals surface area contributed by atoms with Gasteiger partial charge in [0.25, 0.3) is 0 Å². The molecule has 1 aliphatic rings. The summed E-state index contributed by atoms with van der Waals surface area (Å²) in [5.41, 5.74) is 9.20. The van der Waals surface area contributed by atoms with Gasteiger partial charge in [-0.2, -0.15) is 0 Å². The number of benzene rings is 3. The van der Waals surface area contributed by atoms with Crippen molar-refractivity contribution in [3.63, 3.8) is 0 Å². The summed E-state index contributed by atoms with van der Waals surface area (Å²) in [6.45, 7) is 8.54. The first-order valence-electron chi connectivity index (χ1n) is 11.7. The van der Waals surface area contributed by atoms with Gasteiger partial charge in [-0.1, -0.05) is 85.8 Å². The fraction of sp³-hybridized carbons (Fsp3) is 0.241. The zero-order valence-corrected chi connectivity index (χ0v) is 21.1. The average molecular weight is 448 g/mol. The molecule has 0 N–H and O–H groups in total. The molecule has 0 aliphatic heterocycles. The third kappa shape index (κ3) is 3.55. The fourth-order valence-electron chi connectivity index (χ4n) is 5.23. The van der Waals surface area contributed by atoms with Gasteiger partial charge in [-0.3, -0.25) is 0 Å². The average Bonchev–Trinajstić information content (AvgIpc) is 3.20. The van der Waals surface area contributed by atoms with Gasteiger partial charge in [0, 0.05) is 15.0 Å². The van der Waals surface area contributed by atoms with Crippen LogP contribution in [0.4, 0.5) is 0 Å². The molecule has 5 heteroatoms. The standard InChI is InChI=1S/C29H24B4S/c1-15-24(30)26(32)22(27(33)25(15)31)20-13-7-10-17(23(20)29(2,3)4)19-12-8-11-18-16-9-5-6-14-21(16)34-28(18)19/h5,7-13H,6,14H2,1-4H3. The lowest BCUT2D eigenvalue weighted by molar-refractivity contribution is 0.594. The fourth-order valence-corrected chi connectivity index (χ4v) is 6.56. The molecular formula is C29H24B4S. The highest BCUT2D eigenvalue weighted by atomic mass is 32.1. The van der Waals surface area contributed by atoms with E-state index in [0.29, 0.717) is 21.9 Å². The van der Waals surface area contributed by atoms with E-state index in [1.165, 1.54) is 37.2 Å². The number of thiophene rings is 1. The van der Waals surface area contributed by atoms with Gasteiger partial charge in [0.1, 0.15) is 31.4 Å². The predicted molar refractivity (Wildman–Crippen MR) is 155 cm³/mol. The number of fused-ring (bicyclic) bond motifs is 3. The van der Waals surface area contributed by atoms with Gasteiger partial charge in [0.15, 0.2) is 0 Å². The van der Waals surface area contributed by atoms with Crippen molar-refractivity contribution in [3.05, 3.63) is 64.0 Å². The van der Waals surface area contributed by atoms with Crippen LogP contribution in [-0.2, 0) is 11.8 Å². The lowest BCUT2D eigenvalue weighted by Crippen LogP contribution is -2.45. The van der Waals surface area contributed by atoms with Crippen LogP contribution in [0.2, 0.25) is 0 Å². The number of hydrogen-bond donors (Lipinski definition) is 0. The van der Waals surface area contributed by atoms with Gasteiger partial charge in [0.2, 0.25) is 0 Å². The van der Waals surface area contributed by atoms with E-state index in [4.69, 9.17) is 31.4 Å². The Labute approximate surface area is 212 Å². The summed E-state index contributed by atoms with van der Waals surface area (Å²) >= 11 is 1.91. The third-order valence-corrected chi connectivity index (χ3v) is 8.27. The van der Waals surface area contributed by atoms with Crippen LogP contribution >= 0.6 is 11.3 Å². The minimum absolute atomic E-state index is 0.182. The molecule has 4 aromatic rings. The van der Waals surface area contributed by atoms with Gasteiger partial charge < -0.3 is 0 Å². The Morgan fingerprint density at radius 1 is 0.794 bits per heavy atom. The normalized spacial score (nSPS) is 13.4. The third-order valence-electron chi connectivity index (χ3n) is 6.95. The maximum absolute atomic E-state index is 6.58. The van der Waals surface area contributed by atoms with Crippen molar-refractivity contribution >= 4 is 80.7 Å². The van der Waals surface area contributed by atoms with E-state index < -0.39 is 0 Å². The lowest BCUT2D eigenvalue weighted by atomic mass is 9.62. The van der Waals surface area contributed by atoms with Crippen molar-refractivity contribution < 1.29 is 0 Å². The van der Waals surface area contributed by atoms with Crippen molar-refractivity contribution in [1.29, 1.82) is 0 Å². The summed E-state index contributed by atoms with van der Waals surface area (Å²) in [5, 5.41) is 1.32. The Morgan fingerprint density at radius 3 is 2.09 bits per heavy atom. The van der Waals surface area contributed by atoms with Gasteiger partial charge in [-0.05, 0) is 58.6 Å². The van der Waals surface area contributed by atoms with E-state index in [0.717, 1.165) is 29.5 Å². The summed E-state index contributed by atoms with van der Waals surface area (Å²) in [5.74, 6) is 0. The molecule has 158 valence electrons. The van der Waals surface area contributed by atoms with Crippen LogP contribution in [0.15, 0.2) is 42.5 Å². The Balaban J connectivity index is 1.87. The van der Waals surface area contributed by atoms with Crippen LogP contribution in [0.1, 0.15) is 48.8 Å². The molecule has 0 bridgehead atoms. The second-order valence-electron chi connectivity index (χ2n) is 10.2. The number of rotatable bonds is 2. The first kappa shape index (κ1) is 23.4. The van der Waals surface area contributed by atoms with E-state index in [1.54, 1.807) is 0 Å². The van der Waals surface area contributed by atoms with Crippen molar-refractivity contribution in [2.24, 2.45) is 0 Å². The van der Waals surface area contributed by atoms with Crippen LogP contribution in [0.25, 0.3) is 38.4 Å².